The fourth-order valence-electron chi connectivity index (χ4n) is 15.9. The molecule has 93 heavy (non-hydrogen) atoms. The third-order valence-electron chi connectivity index (χ3n) is 20.5. The van der Waals surface area contributed by atoms with E-state index < -0.39 is 0 Å². The number of fused-ring (bicyclic) bond motifs is 15. The van der Waals surface area contributed by atoms with E-state index in [9.17, 15) is 0 Å². The summed E-state index contributed by atoms with van der Waals surface area (Å²) in [5.41, 5.74) is 28.0. The lowest BCUT2D eigenvalue weighted by atomic mass is 9.82. The largest absolute Gasteiger partial charge is 0.309 e. The van der Waals surface area contributed by atoms with Gasteiger partial charge in [-0.3, -0.25) is 0 Å². The molecule has 0 spiro atoms. The minimum Gasteiger partial charge on any atom is -0.309 e. The van der Waals surface area contributed by atoms with Gasteiger partial charge < -0.3 is 13.7 Å². The Bertz CT molecular complexity index is 5660. The van der Waals surface area contributed by atoms with Crippen LogP contribution in [0.5, 0.6) is 0 Å². The molecule has 19 rings (SSSR count). The van der Waals surface area contributed by atoms with E-state index in [2.05, 4.69) is 296 Å². The van der Waals surface area contributed by atoms with Crippen molar-refractivity contribution in [2.75, 3.05) is 0 Å². The van der Waals surface area contributed by atoms with Crippen LogP contribution < -0.4 is 0 Å². The van der Waals surface area contributed by atoms with Gasteiger partial charge in [-0.15, -0.1) is 0 Å². The minimum atomic E-state index is -0.134. The fraction of sp³-hybridized carbons (Fsp3) is 0.0690. The van der Waals surface area contributed by atoms with Gasteiger partial charge in [0, 0.05) is 76.9 Å². The second-order valence-electron chi connectivity index (χ2n) is 26.4. The van der Waals surface area contributed by atoms with E-state index in [-0.39, 0.29) is 10.8 Å². The molecule has 0 N–H and O–H groups in total. The lowest BCUT2D eigenvalue weighted by Crippen LogP contribution is -2.15. The standard InChI is InChI=1S/C87H60N6/c1-86(2)73-30-15-11-26-63(73)65-44-38-61(51-75(65)86)91-77-32-17-13-28-67(77)69-40-34-55(47-79(69)91)57-36-42-71-72-43-37-58(56-35-41-70-68-29-14-18-33-78(68)92(80(70)48-56)62-39-45-66-64-27-12-16-31-74(64)87(3,4)76(66)52-62)50-82(72)93(81(71)49-57)60-25-19-24-59(46-60)85-89-83(53-20-7-5-8-21-53)88-84(90-85)54-22-9-6-10-23-54/h5-52H,1-4H3. The molecule has 438 valence electrons. The van der Waals surface area contributed by atoms with Crippen LogP contribution in [-0.2, 0) is 10.8 Å². The zero-order valence-electron chi connectivity index (χ0n) is 51.9. The molecular weight excluding hydrogens is 1130 g/mol. The Labute approximate surface area is 538 Å². The maximum atomic E-state index is 5.22. The van der Waals surface area contributed by atoms with Crippen molar-refractivity contribution in [2.24, 2.45) is 0 Å². The molecule has 0 atom stereocenters. The van der Waals surface area contributed by atoms with Gasteiger partial charge in [0.2, 0.25) is 0 Å². The van der Waals surface area contributed by atoms with Crippen molar-refractivity contribution in [1.82, 2.24) is 28.7 Å². The summed E-state index contributed by atoms with van der Waals surface area (Å²) in [4.78, 5) is 15.5. The fourth-order valence-corrected chi connectivity index (χ4v) is 15.9. The van der Waals surface area contributed by atoms with Gasteiger partial charge in [-0.2, -0.15) is 0 Å². The van der Waals surface area contributed by atoms with E-state index in [4.69, 9.17) is 15.0 Å². The lowest BCUT2D eigenvalue weighted by molar-refractivity contribution is 0.660. The first kappa shape index (κ1) is 53.1. The summed E-state index contributed by atoms with van der Waals surface area (Å²) in [5, 5.41) is 7.24. The first-order valence-corrected chi connectivity index (χ1v) is 32.2. The number of nitrogens with zero attached hydrogens (tertiary/aromatic N) is 6. The molecule has 13 aromatic carbocycles. The van der Waals surface area contributed by atoms with Crippen molar-refractivity contribution < 1.29 is 0 Å². The van der Waals surface area contributed by atoms with Crippen LogP contribution >= 0.6 is 0 Å². The molecule has 6 nitrogen and oxygen atoms in total. The highest BCUT2D eigenvalue weighted by Crippen LogP contribution is 2.52. The van der Waals surface area contributed by atoms with E-state index in [0.717, 1.165) is 77.8 Å². The Hall–Kier alpha value is -11.7. The zero-order valence-corrected chi connectivity index (χ0v) is 51.9. The molecule has 0 saturated heterocycles. The van der Waals surface area contributed by atoms with Crippen LogP contribution in [-0.4, -0.2) is 28.7 Å². The van der Waals surface area contributed by atoms with Crippen molar-refractivity contribution in [1.29, 1.82) is 0 Å². The summed E-state index contributed by atoms with van der Waals surface area (Å²) in [6.45, 7) is 9.46. The molecule has 0 saturated carbocycles. The normalized spacial score (nSPS) is 13.5. The monoisotopic (exact) mass is 1190 g/mol. The van der Waals surface area contributed by atoms with Crippen LogP contribution in [0.2, 0.25) is 0 Å². The van der Waals surface area contributed by atoms with Crippen molar-refractivity contribution in [2.45, 2.75) is 38.5 Å². The van der Waals surface area contributed by atoms with Crippen LogP contribution in [0.15, 0.2) is 291 Å². The summed E-state index contributed by atoms with van der Waals surface area (Å²) >= 11 is 0. The highest BCUT2D eigenvalue weighted by Gasteiger charge is 2.37. The number of benzene rings is 13. The number of rotatable bonds is 8. The molecule has 6 heteroatoms. The van der Waals surface area contributed by atoms with Crippen molar-refractivity contribution >= 4 is 65.4 Å². The Morgan fingerprint density at radius 1 is 0.215 bits per heavy atom. The maximum absolute atomic E-state index is 5.22. The summed E-state index contributed by atoms with van der Waals surface area (Å²) in [6, 6.07) is 107. The molecule has 4 heterocycles. The molecule has 4 aromatic heterocycles. The number of hydrogen-bond acceptors (Lipinski definition) is 3. The first-order chi connectivity index (χ1) is 45.6. The second-order valence-corrected chi connectivity index (χ2v) is 26.4. The van der Waals surface area contributed by atoms with Gasteiger partial charge in [0.25, 0.3) is 0 Å². The molecule has 0 unspecified atom stereocenters. The predicted molar refractivity (Wildman–Crippen MR) is 385 cm³/mol. The smallest absolute Gasteiger partial charge is 0.164 e. The molecule has 0 bridgehead atoms. The van der Waals surface area contributed by atoms with Crippen LogP contribution in [0.1, 0.15) is 49.9 Å². The van der Waals surface area contributed by atoms with Gasteiger partial charge >= 0.3 is 0 Å². The molecule has 17 aromatic rings. The van der Waals surface area contributed by atoms with Gasteiger partial charge in [-0.05, 0) is 140 Å². The summed E-state index contributed by atoms with van der Waals surface area (Å²) < 4.78 is 7.41. The van der Waals surface area contributed by atoms with Gasteiger partial charge in [0.15, 0.2) is 17.5 Å². The van der Waals surface area contributed by atoms with Crippen LogP contribution in [0.4, 0.5) is 0 Å². The van der Waals surface area contributed by atoms with E-state index in [0.29, 0.717) is 17.5 Å². The summed E-state index contributed by atoms with van der Waals surface area (Å²) in [6.07, 6.45) is 0. The SMILES string of the molecule is CC1(C)c2ccccc2-c2ccc(-n3c4ccccc4c4ccc(-c5ccc6c7ccc(-c8ccc9c%10ccccc%10n(-c%10ccc%11c(c%10)C(C)(C)c%10ccccc%10-%11)c9c8)cc7n(-c7cccc(-c8nc(-c9ccccc9)nc(-c9ccccc9)n8)c7)c6c5)cc43)cc21. The van der Waals surface area contributed by atoms with Crippen LogP contribution in [0.3, 0.4) is 0 Å². The number of hydrogen-bond donors (Lipinski definition) is 0. The van der Waals surface area contributed by atoms with Gasteiger partial charge in [0.1, 0.15) is 0 Å². The van der Waals surface area contributed by atoms with E-state index in [1.807, 2.05) is 36.4 Å². The lowest BCUT2D eigenvalue weighted by Gasteiger charge is -2.22. The molecule has 2 aliphatic rings. The van der Waals surface area contributed by atoms with Crippen molar-refractivity contribution in [3.63, 3.8) is 0 Å². The van der Waals surface area contributed by atoms with Crippen LogP contribution in [0, 0.1) is 0 Å². The number of para-hydroxylation sites is 2. The Kier molecular flexibility index (Phi) is 11.4. The Morgan fingerprint density at radius 2 is 0.538 bits per heavy atom. The summed E-state index contributed by atoms with van der Waals surface area (Å²) in [5.74, 6) is 1.85. The zero-order chi connectivity index (χ0) is 61.8. The quantitative estimate of drug-likeness (QED) is 0.152. The molecule has 2 aliphatic carbocycles. The van der Waals surface area contributed by atoms with Gasteiger partial charge in [-0.1, -0.05) is 246 Å². The molecular formula is C87H60N6. The van der Waals surface area contributed by atoms with E-state index in [1.165, 1.54) is 88.1 Å². The number of aromatic nitrogens is 6. The Morgan fingerprint density at radius 3 is 0.968 bits per heavy atom. The molecule has 0 aliphatic heterocycles. The third-order valence-corrected chi connectivity index (χ3v) is 20.5. The average molecular weight is 1190 g/mol. The first-order valence-electron chi connectivity index (χ1n) is 32.2. The van der Waals surface area contributed by atoms with Crippen molar-refractivity contribution in [3.05, 3.63) is 313 Å². The van der Waals surface area contributed by atoms with Crippen molar-refractivity contribution in [3.8, 4) is 95.7 Å². The third kappa shape index (κ3) is 7.98. The molecule has 0 radical (unpaired) electrons. The highest BCUT2D eigenvalue weighted by molar-refractivity contribution is 6.14. The highest BCUT2D eigenvalue weighted by atomic mass is 15.0. The molecule has 0 amide bonds. The minimum absolute atomic E-state index is 0.134. The van der Waals surface area contributed by atoms with E-state index in [1.54, 1.807) is 0 Å². The Balaban J connectivity index is 0.800. The maximum Gasteiger partial charge on any atom is 0.164 e. The van der Waals surface area contributed by atoms with E-state index >= 15 is 0 Å². The molecule has 0 fully saturated rings. The van der Waals surface area contributed by atoms with Crippen LogP contribution in [0.25, 0.3) is 161 Å². The van der Waals surface area contributed by atoms with Gasteiger partial charge in [0.05, 0.1) is 33.1 Å². The summed E-state index contributed by atoms with van der Waals surface area (Å²) in [7, 11) is 0. The topological polar surface area (TPSA) is 53.5 Å². The van der Waals surface area contributed by atoms with Gasteiger partial charge in [-0.25, -0.2) is 15.0 Å². The predicted octanol–water partition coefficient (Wildman–Crippen LogP) is 22.1. The second kappa shape index (κ2) is 19.9. The average Bonchev–Trinajstić information content (AvgIpc) is 1.60.